The van der Waals surface area contributed by atoms with Crippen molar-refractivity contribution >= 4 is 46.6 Å². The molecule has 6 rings (SSSR count). The van der Waals surface area contributed by atoms with Crippen LogP contribution in [0.2, 0.25) is 5.02 Å². The first-order valence-corrected chi connectivity index (χ1v) is 16.0. The lowest BCUT2D eigenvalue weighted by Crippen LogP contribution is -2.31. The molecule has 0 saturated heterocycles. The maximum Gasteiger partial charge on any atom is 0.338 e. The van der Waals surface area contributed by atoms with Gasteiger partial charge < -0.3 is 20.7 Å². The van der Waals surface area contributed by atoms with Crippen LogP contribution >= 0.6 is 11.6 Å². The Morgan fingerprint density at radius 3 is 2.48 bits per heavy atom. The highest BCUT2D eigenvalue weighted by atomic mass is 35.5. The molecule has 11 nitrogen and oxygen atoms in total. The average molecular weight is 701 g/mol. The van der Waals surface area contributed by atoms with Crippen molar-refractivity contribution in [1.82, 2.24) is 25.2 Å². The molecule has 0 aliphatic heterocycles. The second kappa shape index (κ2) is 13.7. The number of aromatic nitrogens is 3. The van der Waals surface area contributed by atoms with Crippen LogP contribution in [0.25, 0.3) is 5.65 Å². The number of anilines is 1. The minimum absolute atomic E-state index is 0.0462. The van der Waals surface area contributed by atoms with E-state index in [-0.39, 0.29) is 39.7 Å². The van der Waals surface area contributed by atoms with Gasteiger partial charge in [0, 0.05) is 12.6 Å². The minimum Gasteiger partial charge on any atom is -0.456 e. The van der Waals surface area contributed by atoms with Crippen molar-refractivity contribution in [3.8, 4) is 0 Å². The van der Waals surface area contributed by atoms with Crippen molar-refractivity contribution < 1.29 is 32.7 Å². The molecule has 1 aliphatic rings. The molecule has 3 N–H and O–H groups in total. The van der Waals surface area contributed by atoms with Crippen LogP contribution < -0.4 is 16.0 Å². The van der Waals surface area contributed by atoms with Crippen molar-refractivity contribution in [2.75, 3.05) is 5.32 Å². The Bertz CT molecular complexity index is 2180. The summed E-state index contributed by atoms with van der Waals surface area (Å²) in [5.41, 5.74) is 1.60. The number of ether oxygens (including phenoxy) is 1. The summed E-state index contributed by atoms with van der Waals surface area (Å²) in [4.78, 5) is 57.6. The highest BCUT2D eigenvalue weighted by Crippen LogP contribution is 2.33. The molecule has 3 amide bonds. The number of rotatable bonds is 8. The molecule has 256 valence electrons. The van der Waals surface area contributed by atoms with Crippen molar-refractivity contribution in [3.63, 3.8) is 0 Å². The first kappa shape index (κ1) is 34.2. The van der Waals surface area contributed by atoms with Gasteiger partial charge in [-0.1, -0.05) is 35.9 Å². The predicted octanol–water partition coefficient (Wildman–Crippen LogP) is 6.22. The second-order valence-corrected chi connectivity index (χ2v) is 13.1. The average Bonchev–Trinajstić information content (AvgIpc) is 3.69. The number of amides is 3. The number of halogens is 3. The quantitative estimate of drug-likeness (QED) is 0.163. The molecule has 2 heterocycles. The van der Waals surface area contributed by atoms with Crippen LogP contribution in [0.1, 0.15) is 91.6 Å². The molecule has 5 aromatic rings. The van der Waals surface area contributed by atoms with Crippen LogP contribution in [0.4, 0.5) is 14.5 Å². The van der Waals surface area contributed by atoms with Gasteiger partial charge in [0.25, 0.3) is 17.7 Å². The van der Waals surface area contributed by atoms with E-state index in [1.54, 1.807) is 63.2 Å². The zero-order valence-corrected chi connectivity index (χ0v) is 27.9. The van der Waals surface area contributed by atoms with Gasteiger partial charge in [-0.25, -0.2) is 23.1 Å². The van der Waals surface area contributed by atoms with Crippen molar-refractivity contribution in [2.24, 2.45) is 0 Å². The van der Waals surface area contributed by atoms with Gasteiger partial charge in [0.05, 0.1) is 28.5 Å². The lowest BCUT2D eigenvalue weighted by molar-refractivity contribution is 0.00690. The van der Waals surface area contributed by atoms with Crippen LogP contribution in [-0.2, 0) is 17.7 Å². The molecule has 1 atom stereocenters. The number of nitrogens with one attached hydrogen (secondary N) is 3. The van der Waals surface area contributed by atoms with E-state index in [9.17, 15) is 28.0 Å². The van der Waals surface area contributed by atoms with Crippen LogP contribution in [-0.4, -0.2) is 43.9 Å². The van der Waals surface area contributed by atoms with E-state index >= 15 is 0 Å². The Balaban J connectivity index is 1.30. The number of aryl methyl sites for hydroxylation is 1. The monoisotopic (exact) mass is 700 g/mol. The first-order chi connectivity index (χ1) is 23.8. The summed E-state index contributed by atoms with van der Waals surface area (Å²) in [7, 11) is 0. The van der Waals surface area contributed by atoms with Gasteiger partial charge in [-0.3, -0.25) is 14.4 Å². The third kappa shape index (κ3) is 7.32. The van der Waals surface area contributed by atoms with E-state index in [0.717, 1.165) is 27.8 Å². The van der Waals surface area contributed by atoms with E-state index < -0.39 is 47.0 Å². The van der Waals surface area contributed by atoms with Gasteiger partial charge in [-0.05, 0) is 86.7 Å². The Labute approximate surface area is 290 Å². The lowest BCUT2D eigenvalue weighted by atomic mass is 10.0. The topological polar surface area (TPSA) is 144 Å². The Kier molecular flexibility index (Phi) is 9.35. The molecule has 0 fully saturated rings. The fourth-order valence-electron chi connectivity index (χ4n) is 5.54. The van der Waals surface area contributed by atoms with Gasteiger partial charge in [0.15, 0.2) is 17.3 Å². The number of hydrogen-bond donors (Lipinski definition) is 3. The van der Waals surface area contributed by atoms with Gasteiger partial charge >= 0.3 is 5.97 Å². The van der Waals surface area contributed by atoms with Gasteiger partial charge in [-0.15, -0.1) is 0 Å². The Morgan fingerprint density at radius 1 is 0.960 bits per heavy atom. The van der Waals surface area contributed by atoms with Crippen LogP contribution in [0.3, 0.4) is 0 Å². The lowest BCUT2D eigenvalue weighted by Gasteiger charge is -2.20. The number of nitrogens with zero attached hydrogens (tertiary/aromatic N) is 3. The fourth-order valence-corrected chi connectivity index (χ4v) is 5.72. The molecule has 0 radical (unpaired) electrons. The molecule has 50 heavy (non-hydrogen) atoms. The van der Waals surface area contributed by atoms with Gasteiger partial charge in [-0.2, -0.15) is 5.10 Å². The summed E-state index contributed by atoms with van der Waals surface area (Å²) >= 11 is 6.23. The minimum atomic E-state index is -1.07. The predicted molar refractivity (Wildman–Crippen MR) is 180 cm³/mol. The van der Waals surface area contributed by atoms with E-state index in [1.165, 1.54) is 18.3 Å². The highest BCUT2D eigenvalue weighted by Gasteiger charge is 2.29. The SMILES string of the molecule is CC(C)(C)OC(=O)c1ccc2c(c1)CC[C@@H]2NC(=O)c1cc(C(=O)NCc2ccc(F)c(F)c2)nc2c(C(=O)Nc3ccccc3Cl)cnn12. The number of carbonyl (C=O) groups is 4. The number of fused-ring (bicyclic) bond motifs is 2. The zero-order chi connectivity index (χ0) is 35.7. The summed E-state index contributed by atoms with van der Waals surface area (Å²) in [6.45, 7) is 5.19. The Hall–Kier alpha value is -5.69. The number of para-hydroxylation sites is 1. The van der Waals surface area contributed by atoms with Crippen molar-refractivity contribution in [1.29, 1.82) is 0 Å². The van der Waals surface area contributed by atoms with E-state index in [2.05, 4.69) is 26.0 Å². The third-order valence-electron chi connectivity index (χ3n) is 7.90. The number of carbonyl (C=O) groups excluding carboxylic acids is 4. The molecule has 14 heteroatoms. The maximum atomic E-state index is 13.9. The highest BCUT2D eigenvalue weighted by molar-refractivity contribution is 6.34. The normalized spacial score (nSPS) is 13.8. The van der Waals surface area contributed by atoms with Crippen molar-refractivity contribution in [2.45, 2.75) is 51.8 Å². The van der Waals surface area contributed by atoms with Crippen LogP contribution in [0.5, 0.6) is 0 Å². The van der Waals surface area contributed by atoms with E-state index in [0.29, 0.717) is 24.1 Å². The summed E-state index contributed by atoms with van der Waals surface area (Å²) in [5.74, 6) is -4.54. The maximum absolute atomic E-state index is 13.9. The molecule has 0 bridgehead atoms. The molecule has 0 saturated carbocycles. The van der Waals surface area contributed by atoms with E-state index in [4.69, 9.17) is 16.3 Å². The first-order valence-electron chi connectivity index (χ1n) is 15.6. The molecule has 0 unspecified atom stereocenters. The van der Waals surface area contributed by atoms with Crippen LogP contribution in [0, 0.1) is 11.6 Å². The summed E-state index contributed by atoms with van der Waals surface area (Å²) in [5, 5.41) is 12.8. The Morgan fingerprint density at radius 2 is 1.74 bits per heavy atom. The second-order valence-electron chi connectivity index (χ2n) is 12.7. The molecule has 2 aromatic heterocycles. The largest absolute Gasteiger partial charge is 0.456 e. The smallest absolute Gasteiger partial charge is 0.338 e. The molecule has 3 aromatic carbocycles. The molecular weight excluding hydrogens is 670 g/mol. The molecular formula is C36H31ClF2N6O5. The molecule has 1 aliphatic carbocycles. The number of benzene rings is 3. The summed E-state index contributed by atoms with van der Waals surface area (Å²) in [6.07, 6.45) is 2.35. The van der Waals surface area contributed by atoms with Crippen molar-refractivity contribution in [3.05, 3.63) is 129 Å². The standard InChI is InChI=1S/C36H31ClF2N6O5/c1-36(2,3)50-35(49)21-9-11-22-20(15-21)10-13-27(22)43-34(48)30-16-29(33(47)40-17-19-8-12-25(38)26(39)14-19)42-31-23(18-41-45(30)31)32(46)44-28-7-5-4-6-24(28)37/h4-9,11-12,14-16,18,27H,10,13,17H2,1-3H3,(H,40,47)(H,43,48)(H,44,46)/t27-/m0/s1. The zero-order valence-electron chi connectivity index (χ0n) is 27.1. The number of hydrogen-bond acceptors (Lipinski definition) is 7. The van der Waals surface area contributed by atoms with Gasteiger partial charge in [0.2, 0.25) is 0 Å². The number of esters is 1. The molecule has 0 spiro atoms. The van der Waals surface area contributed by atoms with E-state index in [1.807, 2.05) is 0 Å². The van der Waals surface area contributed by atoms with Crippen LogP contribution in [0.15, 0.2) is 72.9 Å². The third-order valence-corrected chi connectivity index (χ3v) is 8.23. The van der Waals surface area contributed by atoms with Gasteiger partial charge in [0.1, 0.15) is 22.6 Å². The summed E-state index contributed by atoms with van der Waals surface area (Å²) < 4.78 is 33.8. The fraction of sp³-hybridized carbons (Fsp3) is 0.222. The summed E-state index contributed by atoms with van der Waals surface area (Å²) in [6, 6.07) is 15.8.